The highest BCUT2D eigenvalue weighted by molar-refractivity contribution is 5.87. The minimum atomic E-state index is -1.88. The van der Waals surface area contributed by atoms with Gasteiger partial charge in [-0.25, -0.2) is 4.79 Å². The molecule has 0 atom stereocenters. The van der Waals surface area contributed by atoms with E-state index in [1.807, 2.05) is 0 Å². The highest BCUT2D eigenvalue weighted by Crippen LogP contribution is 2.24. The highest BCUT2D eigenvalue weighted by atomic mass is 16.5. The fraction of sp³-hybridized carbons (Fsp3) is 0.222. The largest absolute Gasteiger partial charge is 0.477 e. The van der Waals surface area contributed by atoms with Crippen LogP contribution in [0, 0.1) is 0 Å². The lowest BCUT2D eigenvalue weighted by Gasteiger charge is -2.20. The molecule has 0 aromatic carbocycles. The molecule has 74 valence electrons. The summed E-state index contributed by atoms with van der Waals surface area (Å²) in [6.07, 6.45) is 2.70. The van der Waals surface area contributed by atoms with E-state index in [2.05, 4.69) is 4.98 Å². The maximum absolute atomic E-state index is 10.6. The topological polar surface area (TPSA) is 93.5 Å². The van der Waals surface area contributed by atoms with Gasteiger partial charge >= 0.3 is 5.97 Å². The van der Waals surface area contributed by atoms with Gasteiger partial charge in [-0.1, -0.05) is 6.08 Å². The fourth-order valence-corrected chi connectivity index (χ4v) is 1.47. The number of carbonyl (C=O) groups is 1. The minimum Gasteiger partial charge on any atom is -0.477 e. The molecule has 0 saturated heterocycles. The van der Waals surface area contributed by atoms with Gasteiger partial charge in [-0.05, 0) is 17.7 Å². The van der Waals surface area contributed by atoms with Gasteiger partial charge in [-0.2, -0.15) is 0 Å². The number of carboxylic acids is 1. The predicted octanol–water partition coefficient (Wildman–Crippen LogP) is -0.0369. The molecular formula is C9H9NO4. The molecule has 1 heterocycles. The molecule has 5 nitrogen and oxygen atoms in total. The van der Waals surface area contributed by atoms with Crippen molar-refractivity contribution in [2.24, 2.45) is 0 Å². The highest BCUT2D eigenvalue weighted by Gasteiger charge is 2.26. The third kappa shape index (κ3) is 1.43. The van der Waals surface area contributed by atoms with Crippen molar-refractivity contribution in [3.63, 3.8) is 0 Å². The summed E-state index contributed by atoms with van der Waals surface area (Å²) in [5.41, 5.74) is 1.26. The zero-order chi connectivity index (χ0) is 10.3. The summed E-state index contributed by atoms with van der Waals surface area (Å²) >= 11 is 0. The molecule has 0 radical (unpaired) electrons. The number of hydrogen-bond acceptors (Lipinski definition) is 3. The molecule has 0 unspecified atom stereocenters. The Bertz CT molecular complexity index is 416. The standard InChI is InChI=1S/C9H9NO4/c11-8(12)6-3-5-1-2-9(13,14)4-7(5)10-6/h1-3,10,13-14H,4H2,(H,11,12). The van der Waals surface area contributed by atoms with Gasteiger partial charge in [0, 0.05) is 12.1 Å². The third-order valence-electron chi connectivity index (χ3n) is 2.13. The minimum absolute atomic E-state index is 0.0217. The second kappa shape index (κ2) is 2.70. The van der Waals surface area contributed by atoms with Gasteiger partial charge < -0.3 is 20.3 Å². The number of aliphatic hydroxyl groups is 2. The van der Waals surface area contributed by atoms with Crippen LogP contribution in [0.25, 0.3) is 6.08 Å². The normalized spacial score (nSPS) is 17.9. The Balaban J connectivity index is 2.42. The van der Waals surface area contributed by atoms with Crippen LogP contribution in [-0.2, 0) is 6.42 Å². The van der Waals surface area contributed by atoms with Gasteiger partial charge in [-0.3, -0.25) is 0 Å². The predicted molar refractivity (Wildman–Crippen MR) is 47.7 cm³/mol. The Hall–Kier alpha value is -1.59. The molecular weight excluding hydrogens is 186 g/mol. The number of aromatic carboxylic acids is 1. The molecule has 2 rings (SSSR count). The van der Waals surface area contributed by atoms with Gasteiger partial charge in [0.15, 0.2) is 5.79 Å². The van der Waals surface area contributed by atoms with E-state index < -0.39 is 11.8 Å². The maximum Gasteiger partial charge on any atom is 0.352 e. The van der Waals surface area contributed by atoms with Crippen LogP contribution in [0.2, 0.25) is 0 Å². The van der Waals surface area contributed by atoms with Crippen LogP contribution in [0.4, 0.5) is 0 Å². The quantitative estimate of drug-likeness (QED) is 0.473. The first-order valence-electron chi connectivity index (χ1n) is 4.07. The second-order valence-electron chi connectivity index (χ2n) is 3.31. The van der Waals surface area contributed by atoms with Crippen molar-refractivity contribution in [2.75, 3.05) is 0 Å². The van der Waals surface area contributed by atoms with Gasteiger partial charge in [0.05, 0.1) is 0 Å². The number of rotatable bonds is 1. The van der Waals surface area contributed by atoms with E-state index in [1.165, 1.54) is 18.2 Å². The van der Waals surface area contributed by atoms with E-state index in [4.69, 9.17) is 5.11 Å². The Morgan fingerprint density at radius 1 is 1.50 bits per heavy atom. The van der Waals surface area contributed by atoms with Crippen LogP contribution in [-0.4, -0.2) is 32.1 Å². The van der Waals surface area contributed by atoms with E-state index in [-0.39, 0.29) is 12.1 Å². The van der Waals surface area contributed by atoms with Crippen LogP contribution in [0.15, 0.2) is 12.1 Å². The molecule has 5 heteroatoms. The van der Waals surface area contributed by atoms with Crippen LogP contribution < -0.4 is 0 Å². The lowest BCUT2D eigenvalue weighted by atomic mass is 10.0. The molecule has 1 aromatic heterocycles. The SMILES string of the molecule is O=C(O)c1cc2c([nH]1)CC(O)(O)C=C2. The summed E-state index contributed by atoms with van der Waals surface area (Å²) in [6.45, 7) is 0. The summed E-state index contributed by atoms with van der Waals surface area (Å²) in [5, 5.41) is 27.2. The van der Waals surface area contributed by atoms with Gasteiger partial charge in [0.25, 0.3) is 0 Å². The first kappa shape index (κ1) is 8.98. The monoisotopic (exact) mass is 195 g/mol. The first-order chi connectivity index (χ1) is 6.48. The number of fused-ring (bicyclic) bond motifs is 1. The zero-order valence-corrected chi connectivity index (χ0v) is 7.19. The number of hydrogen-bond donors (Lipinski definition) is 4. The van der Waals surface area contributed by atoms with E-state index in [0.29, 0.717) is 11.3 Å². The average molecular weight is 195 g/mol. The maximum atomic E-state index is 10.6. The summed E-state index contributed by atoms with van der Waals surface area (Å²) in [5.74, 6) is -2.94. The number of H-pyrrole nitrogens is 1. The smallest absolute Gasteiger partial charge is 0.352 e. The van der Waals surface area contributed by atoms with Crippen molar-refractivity contribution in [1.29, 1.82) is 0 Å². The third-order valence-corrected chi connectivity index (χ3v) is 2.13. The summed E-state index contributed by atoms with van der Waals surface area (Å²) in [4.78, 5) is 13.2. The van der Waals surface area contributed by atoms with Crippen molar-refractivity contribution >= 4 is 12.0 Å². The van der Waals surface area contributed by atoms with Crippen LogP contribution in [0.5, 0.6) is 0 Å². The van der Waals surface area contributed by atoms with E-state index in [0.717, 1.165) is 0 Å². The van der Waals surface area contributed by atoms with E-state index in [9.17, 15) is 15.0 Å². The van der Waals surface area contributed by atoms with Crippen LogP contribution in [0.3, 0.4) is 0 Å². The van der Waals surface area contributed by atoms with Gasteiger partial charge in [0.2, 0.25) is 0 Å². The molecule has 0 amide bonds. The van der Waals surface area contributed by atoms with Crippen molar-refractivity contribution in [1.82, 2.24) is 4.98 Å². The van der Waals surface area contributed by atoms with E-state index >= 15 is 0 Å². The Morgan fingerprint density at radius 2 is 2.21 bits per heavy atom. The molecule has 1 aromatic rings. The molecule has 0 bridgehead atoms. The lowest BCUT2D eigenvalue weighted by molar-refractivity contribution is -0.117. The Kier molecular flexibility index (Phi) is 1.73. The number of aromatic amines is 1. The number of nitrogens with one attached hydrogen (secondary N) is 1. The number of carboxylic acid groups (broad SMARTS) is 1. The van der Waals surface area contributed by atoms with Crippen molar-refractivity contribution in [2.45, 2.75) is 12.2 Å². The van der Waals surface area contributed by atoms with Gasteiger partial charge in [0.1, 0.15) is 5.69 Å². The first-order valence-corrected chi connectivity index (χ1v) is 4.07. The molecule has 0 aliphatic heterocycles. The summed E-state index contributed by atoms with van der Waals surface area (Å²) in [6, 6.07) is 1.46. The van der Waals surface area contributed by atoms with E-state index in [1.54, 1.807) is 0 Å². The molecule has 1 aliphatic carbocycles. The second-order valence-corrected chi connectivity index (χ2v) is 3.31. The van der Waals surface area contributed by atoms with Gasteiger partial charge in [-0.15, -0.1) is 0 Å². The van der Waals surface area contributed by atoms with Crippen molar-refractivity contribution < 1.29 is 20.1 Å². The summed E-state index contributed by atoms with van der Waals surface area (Å²) < 4.78 is 0. The summed E-state index contributed by atoms with van der Waals surface area (Å²) in [7, 11) is 0. The molecule has 0 fully saturated rings. The van der Waals surface area contributed by atoms with Crippen molar-refractivity contribution in [3.05, 3.63) is 29.1 Å². The molecule has 1 aliphatic rings. The zero-order valence-electron chi connectivity index (χ0n) is 7.19. The van der Waals surface area contributed by atoms with Crippen molar-refractivity contribution in [3.8, 4) is 0 Å². The Labute approximate surface area is 79.3 Å². The fourth-order valence-electron chi connectivity index (χ4n) is 1.47. The molecule has 0 spiro atoms. The molecule has 0 saturated carbocycles. The average Bonchev–Trinajstić information content (AvgIpc) is 2.45. The lowest BCUT2D eigenvalue weighted by Crippen LogP contribution is -2.30. The molecule has 14 heavy (non-hydrogen) atoms. The Morgan fingerprint density at radius 3 is 2.86 bits per heavy atom. The van der Waals surface area contributed by atoms with Crippen LogP contribution in [0.1, 0.15) is 21.7 Å². The number of aromatic nitrogens is 1. The van der Waals surface area contributed by atoms with Crippen LogP contribution >= 0.6 is 0 Å². The molecule has 4 N–H and O–H groups in total.